The van der Waals surface area contributed by atoms with Gasteiger partial charge in [-0.2, -0.15) is 0 Å². The summed E-state index contributed by atoms with van der Waals surface area (Å²) in [4.78, 5) is 23.2. The average Bonchev–Trinajstić information content (AvgIpc) is 2.83. The van der Waals surface area contributed by atoms with E-state index in [4.69, 9.17) is 9.84 Å². The third-order valence-electron chi connectivity index (χ3n) is 5.30. The second-order valence-corrected chi connectivity index (χ2v) is 7.79. The molecule has 0 aliphatic rings. The van der Waals surface area contributed by atoms with E-state index in [-0.39, 0.29) is 5.56 Å². The van der Waals surface area contributed by atoms with Crippen LogP contribution in [0.4, 0.5) is 4.39 Å². The zero-order chi connectivity index (χ0) is 23.5. The fourth-order valence-electron chi connectivity index (χ4n) is 3.45. The van der Waals surface area contributed by atoms with E-state index in [1.807, 2.05) is 30.3 Å². The summed E-state index contributed by atoms with van der Waals surface area (Å²) in [6, 6.07) is 21.5. The van der Waals surface area contributed by atoms with Crippen molar-refractivity contribution in [1.82, 2.24) is 5.32 Å². The first-order chi connectivity index (χ1) is 16.0. The third-order valence-corrected chi connectivity index (χ3v) is 5.30. The molecule has 0 saturated heterocycles. The smallest absolute Gasteiger partial charge is 0.338 e. The van der Waals surface area contributed by atoms with Crippen LogP contribution in [0.15, 0.2) is 72.8 Å². The van der Waals surface area contributed by atoms with Crippen molar-refractivity contribution in [1.29, 1.82) is 0 Å². The first kappa shape index (κ1) is 24.0. The van der Waals surface area contributed by atoms with E-state index in [0.717, 1.165) is 49.1 Å². The summed E-state index contributed by atoms with van der Waals surface area (Å²) in [6.07, 6.45) is 4.97. The van der Waals surface area contributed by atoms with Crippen LogP contribution in [0.25, 0.3) is 0 Å². The molecule has 0 unspecified atom stereocenters. The number of carbonyl (C=O) groups is 2. The van der Waals surface area contributed by atoms with E-state index in [9.17, 15) is 14.0 Å². The Morgan fingerprint density at radius 2 is 1.58 bits per heavy atom. The van der Waals surface area contributed by atoms with Crippen LogP contribution in [-0.4, -0.2) is 30.1 Å². The number of amides is 1. The first-order valence-corrected chi connectivity index (χ1v) is 11.1. The molecular weight excluding hydrogens is 421 g/mol. The minimum Gasteiger partial charge on any atom is -0.494 e. The number of rotatable bonds is 12. The van der Waals surface area contributed by atoms with Crippen molar-refractivity contribution >= 4 is 11.9 Å². The van der Waals surface area contributed by atoms with Gasteiger partial charge in [-0.1, -0.05) is 42.5 Å². The Bertz CT molecular complexity index is 1050. The van der Waals surface area contributed by atoms with Crippen LogP contribution in [0, 0.1) is 5.82 Å². The molecule has 0 aliphatic carbocycles. The zero-order valence-corrected chi connectivity index (χ0v) is 18.4. The standard InChI is InChI=1S/C27H28FNO4/c28-25-15-12-22(19-24(25)27(31)32)26(30)29-17-16-21-10-13-23(14-11-21)33-18-6-2-5-9-20-7-3-1-4-8-20/h1,3-4,7-8,10-15,19H,2,5-6,9,16-18H2,(H,29,30)(H,31,32). The number of carboxylic acids is 1. The molecule has 3 aromatic carbocycles. The lowest BCUT2D eigenvalue weighted by molar-refractivity contribution is 0.0692. The normalized spacial score (nSPS) is 10.6. The van der Waals surface area contributed by atoms with Crippen LogP contribution in [0.3, 0.4) is 0 Å². The van der Waals surface area contributed by atoms with E-state index < -0.39 is 23.3 Å². The maximum absolute atomic E-state index is 13.5. The van der Waals surface area contributed by atoms with Gasteiger partial charge in [0.15, 0.2) is 0 Å². The number of aromatic carboxylic acids is 1. The van der Waals surface area contributed by atoms with Gasteiger partial charge >= 0.3 is 5.97 Å². The van der Waals surface area contributed by atoms with E-state index in [2.05, 4.69) is 29.6 Å². The Kier molecular flexibility index (Phi) is 9.00. The summed E-state index contributed by atoms with van der Waals surface area (Å²) in [6.45, 7) is 1.06. The number of hydrogen-bond acceptors (Lipinski definition) is 3. The third kappa shape index (κ3) is 7.75. The Morgan fingerprint density at radius 1 is 0.848 bits per heavy atom. The van der Waals surface area contributed by atoms with Gasteiger partial charge < -0.3 is 15.2 Å². The highest BCUT2D eigenvalue weighted by molar-refractivity contribution is 5.97. The fraction of sp³-hybridized carbons (Fsp3) is 0.259. The van der Waals surface area contributed by atoms with Gasteiger partial charge in [0.1, 0.15) is 11.6 Å². The van der Waals surface area contributed by atoms with Crippen LogP contribution < -0.4 is 10.1 Å². The van der Waals surface area contributed by atoms with Gasteiger partial charge in [-0.05, 0) is 73.6 Å². The minimum atomic E-state index is -1.41. The summed E-state index contributed by atoms with van der Waals surface area (Å²) in [5.74, 6) is -1.90. The number of benzene rings is 3. The number of hydrogen-bond donors (Lipinski definition) is 2. The van der Waals surface area contributed by atoms with Crippen LogP contribution >= 0.6 is 0 Å². The summed E-state index contributed by atoms with van der Waals surface area (Å²) in [5.41, 5.74) is 2.00. The van der Waals surface area contributed by atoms with Crippen molar-refractivity contribution in [2.24, 2.45) is 0 Å². The predicted octanol–water partition coefficient (Wildman–Crippen LogP) is 5.29. The van der Waals surface area contributed by atoms with Crippen molar-refractivity contribution in [2.75, 3.05) is 13.2 Å². The summed E-state index contributed by atoms with van der Waals surface area (Å²) in [7, 11) is 0. The quantitative estimate of drug-likeness (QED) is 0.369. The van der Waals surface area contributed by atoms with Crippen molar-refractivity contribution in [2.45, 2.75) is 32.1 Å². The number of ether oxygens (including phenoxy) is 1. The Morgan fingerprint density at radius 3 is 2.30 bits per heavy atom. The van der Waals surface area contributed by atoms with Crippen molar-refractivity contribution in [3.8, 4) is 5.75 Å². The molecule has 6 heteroatoms. The van der Waals surface area contributed by atoms with Crippen LogP contribution in [-0.2, 0) is 12.8 Å². The lowest BCUT2D eigenvalue weighted by Gasteiger charge is -2.09. The molecule has 0 aromatic heterocycles. The molecule has 172 valence electrons. The molecule has 5 nitrogen and oxygen atoms in total. The largest absolute Gasteiger partial charge is 0.494 e. The zero-order valence-electron chi connectivity index (χ0n) is 18.4. The van der Waals surface area contributed by atoms with Gasteiger partial charge in [0.25, 0.3) is 5.91 Å². The predicted molar refractivity (Wildman–Crippen MR) is 125 cm³/mol. The maximum Gasteiger partial charge on any atom is 0.338 e. The SMILES string of the molecule is O=C(NCCc1ccc(OCCCCCc2ccccc2)cc1)c1ccc(F)c(C(=O)O)c1. The molecule has 0 atom stereocenters. The van der Waals surface area contributed by atoms with Crippen molar-refractivity contribution in [3.05, 3.63) is 101 Å². The Labute approximate surface area is 193 Å². The molecular formula is C27H28FNO4. The van der Waals surface area contributed by atoms with Gasteiger partial charge in [-0.25, -0.2) is 9.18 Å². The van der Waals surface area contributed by atoms with Gasteiger partial charge in [-0.3, -0.25) is 4.79 Å². The molecule has 0 aliphatic heterocycles. The second kappa shape index (κ2) is 12.4. The van der Waals surface area contributed by atoms with Gasteiger partial charge in [0.05, 0.1) is 12.2 Å². The Balaban J connectivity index is 1.33. The van der Waals surface area contributed by atoms with E-state index in [1.54, 1.807) is 0 Å². The van der Waals surface area contributed by atoms with Gasteiger partial charge in [-0.15, -0.1) is 0 Å². The topological polar surface area (TPSA) is 75.6 Å². The molecule has 0 fully saturated rings. The average molecular weight is 450 g/mol. The Hall–Kier alpha value is -3.67. The lowest BCUT2D eigenvalue weighted by atomic mass is 10.1. The first-order valence-electron chi connectivity index (χ1n) is 11.1. The summed E-state index contributed by atoms with van der Waals surface area (Å²) in [5, 5.41) is 11.7. The number of halogens is 1. The highest BCUT2D eigenvalue weighted by Crippen LogP contribution is 2.14. The van der Waals surface area contributed by atoms with Crippen LogP contribution in [0.2, 0.25) is 0 Å². The van der Waals surface area contributed by atoms with E-state index in [1.165, 1.54) is 11.6 Å². The molecule has 0 bridgehead atoms. The molecule has 0 heterocycles. The van der Waals surface area contributed by atoms with Crippen molar-refractivity contribution < 1.29 is 23.8 Å². The maximum atomic E-state index is 13.5. The van der Waals surface area contributed by atoms with Gasteiger partial charge in [0, 0.05) is 12.1 Å². The van der Waals surface area contributed by atoms with E-state index in [0.29, 0.717) is 19.6 Å². The summed E-state index contributed by atoms with van der Waals surface area (Å²) < 4.78 is 19.3. The minimum absolute atomic E-state index is 0.112. The molecule has 0 radical (unpaired) electrons. The monoisotopic (exact) mass is 449 g/mol. The van der Waals surface area contributed by atoms with Crippen LogP contribution in [0.5, 0.6) is 5.75 Å². The molecule has 2 N–H and O–H groups in total. The number of aryl methyl sites for hydroxylation is 1. The highest BCUT2D eigenvalue weighted by Gasteiger charge is 2.14. The number of carbonyl (C=O) groups excluding carboxylic acids is 1. The molecule has 0 spiro atoms. The number of unbranched alkanes of at least 4 members (excludes halogenated alkanes) is 2. The molecule has 33 heavy (non-hydrogen) atoms. The second-order valence-electron chi connectivity index (χ2n) is 7.79. The lowest BCUT2D eigenvalue weighted by Crippen LogP contribution is -2.26. The van der Waals surface area contributed by atoms with Crippen molar-refractivity contribution in [3.63, 3.8) is 0 Å². The number of nitrogens with one attached hydrogen (secondary N) is 1. The highest BCUT2D eigenvalue weighted by atomic mass is 19.1. The molecule has 0 saturated carbocycles. The fourth-order valence-corrected chi connectivity index (χ4v) is 3.45. The van der Waals surface area contributed by atoms with Crippen LogP contribution in [0.1, 0.15) is 51.1 Å². The molecule has 3 aromatic rings. The summed E-state index contributed by atoms with van der Waals surface area (Å²) >= 11 is 0. The van der Waals surface area contributed by atoms with E-state index >= 15 is 0 Å². The molecule has 3 rings (SSSR count). The van der Waals surface area contributed by atoms with Gasteiger partial charge in [0.2, 0.25) is 0 Å². The molecule has 1 amide bonds. The number of carboxylic acid groups (broad SMARTS) is 1.